The van der Waals surface area contributed by atoms with Gasteiger partial charge < -0.3 is 15.7 Å². The predicted octanol–water partition coefficient (Wildman–Crippen LogP) is 2.48. The summed E-state index contributed by atoms with van der Waals surface area (Å²) >= 11 is 1.34. The molecule has 142 valence electrons. The van der Waals surface area contributed by atoms with E-state index in [1.807, 2.05) is 36.4 Å². The van der Waals surface area contributed by atoms with Gasteiger partial charge in [-0.2, -0.15) is 11.8 Å². The Morgan fingerprint density at radius 1 is 0.963 bits per heavy atom. The van der Waals surface area contributed by atoms with Gasteiger partial charge in [0.15, 0.2) is 0 Å². The molecule has 2 amide bonds. The minimum absolute atomic E-state index is 0.0548. The highest BCUT2D eigenvalue weighted by molar-refractivity contribution is 7.98. The van der Waals surface area contributed by atoms with Crippen LogP contribution in [0.5, 0.6) is 0 Å². The van der Waals surface area contributed by atoms with E-state index in [2.05, 4.69) is 10.6 Å². The molecule has 2 atom stereocenters. The van der Waals surface area contributed by atoms with Crippen molar-refractivity contribution in [1.82, 2.24) is 10.6 Å². The number of hydrogen-bond donors (Lipinski definition) is 3. The van der Waals surface area contributed by atoms with Gasteiger partial charge >= 0.3 is 5.97 Å². The number of nitrogens with one attached hydrogen (secondary N) is 2. The normalized spacial score (nSPS) is 12.6. The monoisotopic (exact) mass is 386 g/mol. The van der Waals surface area contributed by atoms with Crippen molar-refractivity contribution in [2.75, 3.05) is 12.0 Å². The van der Waals surface area contributed by atoms with Crippen LogP contribution in [-0.4, -0.2) is 40.9 Å². The van der Waals surface area contributed by atoms with E-state index in [-0.39, 0.29) is 18.1 Å². The van der Waals surface area contributed by atoms with E-state index >= 15 is 0 Å². The Bertz CT molecular complexity index is 768. The predicted molar refractivity (Wildman–Crippen MR) is 106 cm³/mol. The lowest BCUT2D eigenvalue weighted by molar-refractivity contribution is -0.141. The highest BCUT2D eigenvalue weighted by Crippen LogP contribution is 2.18. The summed E-state index contributed by atoms with van der Waals surface area (Å²) in [6, 6.07) is 16.3. The maximum absolute atomic E-state index is 12.5. The molecule has 0 unspecified atom stereocenters. The molecule has 27 heavy (non-hydrogen) atoms. The first-order valence-electron chi connectivity index (χ1n) is 8.43. The largest absolute Gasteiger partial charge is 0.480 e. The van der Waals surface area contributed by atoms with Gasteiger partial charge in [-0.15, -0.1) is 0 Å². The molecule has 0 bridgehead atoms. The zero-order valence-electron chi connectivity index (χ0n) is 14.9. The van der Waals surface area contributed by atoms with E-state index in [1.54, 1.807) is 30.5 Å². The van der Waals surface area contributed by atoms with Crippen LogP contribution >= 0.6 is 11.8 Å². The number of hydrogen-bond acceptors (Lipinski definition) is 4. The summed E-state index contributed by atoms with van der Waals surface area (Å²) in [4.78, 5) is 36.1. The van der Waals surface area contributed by atoms with Crippen LogP contribution in [-0.2, 0) is 9.59 Å². The Balaban J connectivity index is 2.12. The molecule has 0 heterocycles. The molecular weight excluding hydrogens is 364 g/mol. The number of rotatable bonds is 9. The summed E-state index contributed by atoms with van der Waals surface area (Å²) in [7, 11) is 0. The molecular formula is C20H22N2O4S. The van der Waals surface area contributed by atoms with E-state index in [4.69, 9.17) is 0 Å². The zero-order chi connectivity index (χ0) is 19.6. The molecule has 3 N–H and O–H groups in total. The molecule has 0 saturated heterocycles. The fourth-order valence-corrected chi connectivity index (χ4v) is 3.11. The number of benzene rings is 2. The van der Waals surface area contributed by atoms with Crippen LogP contribution in [0.25, 0.3) is 0 Å². The number of carboxylic acid groups (broad SMARTS) is 1. The number of carbonyl (C=O) groups excluding carboxylic acids is 2. The first kappa shape index (κ1) is 20.5. The van der Waals surface area contributed by atoms with Crippen LogP contribution in [0.15, 0.2) is 60.7 Å². The minimum atomic E-state index is -1.08. The number of carboxylic acids is 1. The van der Waals surface area contributed by atoms with Crippen molar-refractivity contribution < 1.29 is 19.5 Å². The van der Waals surface area contributed by atoms with Gasteiger partial charge in [-0.3, -0.25) is 9.59 Å². The molecule has 2 rings (SSSR count). The second-order valence-electron chi connectivity index (χ2n) is 5.92. The zero-order valence-corrected chi connectivity index (χ0v) is 15.7. The number of thioether (sulfide) groups is 1. The van der Waals surface area contributed by atoms with Gasteiger partial charge in [0, 0.05) is 11.3 Å². The van der Waals surface area contributed by atoms with Crippen LogP contribution in [0.1, 0.15) is 28.4 Å². The maximum atomic E-state index is 12.5. The third-order valence-electron chi connectivity index (χ3n) is 3.90. The highest BCUT2D eigenvalue weighted by Gasteiger charge is 2.23. The molecule has 6 nitrogen and oxygen atoms in total. The van der Waals surface area contributed by atoms with Crippen LogP contribution in [0, 0.1) is 0 Å². The van der Waals surface area contributed by atoms with Crippen molar-refractivity contribution in [3.63, 3.8) is 0 Å². The maximum Gasteiger partial charge on any atom is 0.327 e. The van der Waals surface area contributed by atoms with Crippen molar-refractivity contribution >= 4 is 29.5 Å². The summed E-state index contributed by atoms with van der Waals surface area (Å²) in [5.74, 6) is -1.54. The topological polar surface area (TPSA) is 95.5 Å². The fraction of sp³-hybridized carbons (Fsp3) is 0.250. The standard InChI is InChI=1S/C20H22N2O4S/c1-27-13-17(20(25)26)21-18(23)12-16(14-8-4-2-5-9-14)22-19(24)15-10-6-3-7-11-15/h2-11,16-17H,12-13H2,1H3,(H,21,23)(H,22,24)(H,25,26)/t16-,17+/m0/s1. The van der Waals surface area contributed by atoms with Gasteiger partial charge in [0.1, 0.15) is 6.04 Å². The second-order valence-corrected chi connectivity index (χ2v) is 6.83. The first-order valence-corrected chi connectivity index (χ1v) is 9.82. The highest BCUT2D eigenvalue weighted by atomic mass is 32.2. The minimum Gasteiger partial charge on any atom is -0.480 e. The number of amides is 2. The molecule has 2 aromatic carbocycles. The summed E-state index contributed by atoms with van der Waals surface area (Å²) in [6.45, 7) is 0. The van der Waals surface area contributed by atoms with E-state index in [0.717, 1.165) is 5.56 Å². The van der Waals surface area contributed by atoms with E-state index in [9.17, 15) is 19.5 Å². The molecule has 2 aromatic rings. The average molecular weight is 386 g/mol. The van der Waals surface area contributed by atoms with Crippen molar-refractivity contribution in [2.24, 2.45) is 0 Å². The van der Waals surface area contributed by atoms with Crippen molar-refractivity contribution in [2.45, 2.75) is 18.5 Å². The Kier molecular flexibility index (Phi) is 7.88. The molecule has 7 heteroatoms. The number of aliphatic carboxylic acids is 1. The molecule has 0 aliphatic carbocycles. The van der Waals surface area contributed by atoms with E-state index < -0.39 is 24.0 Å². The van der Waals surface area contributed by atoms with E-state index in [1.165, 1.54) is 11.8 Å². The first-order chi connectivity index (χ1) is 13.0. The summed E-state index contributed by atoms with van der Waals surface area (Å²) in [6.07, 6.45) is 1.72. The van der Waals surface area contributed by atoms with Crippen molar-refractivity contribution in [1.29, 1.82) is 0 Å². The molecule has 0 fully saturated rings. The fourth-order valence-electron chi connectivity index (χ4n) is 2.55. The lowest BCUT2D eigenvalue weighted by Gasteiger charge is -2.20. The summed E-state index contributed by atoms with van der Waals surface area (Å²) in [5.41, 5.74) is 1.26. The van der Waals surface area contributed by atoms with Crippen LogP contribution in [0.4, 0.5) is 0 Å². The van der Waals surface area contributed by atoms with Gasteiger partial charge in [0.05, 0.1) is 12.5 Å². The second kappa shape index (κ2) is 10.4. The molecule has 0 radical (unpaired) electrons. The molecule has 0 spiro atoms. The Morgan fingerprint density at radius 2 is 1.56 bits per heavy atom. The average Bonchev–Trinajstić information content (AvgIpc) is 2.68. The lowest BCUT2D eigenvalue weighted by Crippen LogP contribution is -2.44. The third kappa shape index (κ3) is 6.45. The van der Waals surface area contributed by atoms with Gasteiger partial charge in [-0.1, -0.05) is 48.5 Å². The number of carbonyl (C=O) groups is 3. The van der Waals surface area contributed by atoms with Crippen LogP contribution < -0.4 is 10.6 Å². The van der Waals surface area contributed by atoms with Crippen LogP contribution in [0.2, 0.25) is 0 Å². The Labute approximate surface area is 162 Å². The van der Waals surface area contributed by atoms with Gasteiger partial charge in [0.25, 0.3) is 5.91 Å². The molecule has 0 aliphatic heterocycles. The SMILES string of the molecule is CSC[C@@H](NC(=O)C[C@H](NC(=O)c1ccccc1)c1ccccc1)C(=O)O. The summed E-state index contributed by atoms with van der Waals surface area (Å²) < 4.78 is 0. The van der Waals surface area contributed by atoms with E-state index in [0.29, 0.717) is 5.56 Å². The molecule has 0 aliphatic rings. The van der Waals surface area contributed by atoms with Gasteiger partial charge in [-0.05, 0) is 24.0 Å². The van der Waals surface area contributed by atoms with Crippen LogP contribution in [0.3, 0.4) is 0 Å². The van der Waals surface area contributed by atoms with Gasteiger partial charge in [0.2, 0.25) is 5.91 Å². The third-order valence-corrected chi connectivity index (χ3v) is 4.57. The smallest absolute Gasteiger partial charge is 0.327 e. The Morgan fingerprint density at radius 3 is 2.11 bits per heavy atom. The summed E-state index contributed by atoms with van der Waals surface area (Å²) in [5, 5.41) is 14.6. The van der Waals surface area contributed by atoms with Crippen molar-refractivity contribution in [3.05, 3.63) is 71.8 Å². The van der Waals surface area contributed by atoms with Crippen molar-refractivity contribution in [3.8, 4) is 0 Å². The molecule has 0 saturated carbocycles. The lowest BCUT2D eigenvalue weighted by atomic mass is 10.0. The quantitative estimate of drug-likeness (QED) is 0.615. The molecule has 0 aromatic heterocycles. The Hall–Kier alpha value is -2.80. The van der Waals surface area contributed by atoms with Gasteiger partial charge in [-0.25, -0.2) is 4.79 Å².